The van der Waals surface area contributed by atoms with Crippen molar-refractivity contribution in [2.24, 2.45) is 0 Å². The van der Waals surface area contributed by atoms with Gasteiger partial charge >= 0.3 is 0 Å². The fourth-order valence-corrected chi connectivity index (χ4v) is 3.06. The summed E-state index contributed by atoms with van der Waals surface area (Å²) >= 11 is 0. The molecule has 2 aliphatic heterocycles. The molecule has 2 N–H and O–H groups in total. The molecule has 2 unspecified atom stereocenters. The van der Waals surface area contributed by atoms with Crippen LogP contribution in [-0.4, -0.2) is 97.0 Å². The molecule has 2 atom stereocenters. The Labute approximate surface area is 146 Å². The summed E-state index contributed by atoms with van der Waals surface area (Å²) in [5.74, 6) is -0.161. The first-order valence-corrected chi connectivity index (χ1v) is 8.56. The lowest BCUT2D eigenvalue weighted by molar-refractivity contribution is -0.149. The molecule has 2 fully saturated rings. The van der Waals surface area contributed by atoms with Gasteiger partial charge in [0.15, 0.2) is 0 Å². The van der Waals surface area contributed by atoms with Crippen molar-refractivity contribution in [1.82, 2.24) is 25.3 Å². The first kappa shape index (κ1) is 17.8. The monoisotopic (exact) mass is 351 g/mol. The van der Waals surface area contributed by atoms with Crippen molar-refractivity contribution in [1.29, 1.82) is 0 Å². The number of ether oxygens (including phenoxy) is 2. The van der Waals surface area contributed by atoms with Crippen LogP contribution in [0.1, 0.15) is 5.69 Å². The maximum absolute atomic E-state index is 12.7. The molecule has 3 rings (SSSR count). The van der Waals surface area contributed by atoms with Gasteiger partial charge in [0.1, 0.15) is 6.10 Å². The molecule has 2 aliphatic rings. The average Bonchev–Trinajstić information content (AvgIpc) is 2.98. The highest BCUT2D eigenvalue weighted by Crippen LogP contribution is 2.10. The Bertz CT molecular complexity index is 579. The molecule has 3 heterocycles. The van der Waals surface area contributed by atoms with Crippen molar-refractivity contribution >= 4 is 11.8 Å². The zero-order chi connectivity index (χ0) is 17.6. The quantitative estimate of drug-likeness (QED) is 0.694. The van der Waals surface area contributed by atoms with Crippen LogP contribution in [0.4, 0.5) is 0 Å². The first-order valence-electron chi connectivity index (χ1n) is 8.56. The van der Waals surface area contributed by atoms with Crippen LogP contribution in [-0.2, 0) is 25.5 Å². The molecule has 9 heteroatoms. The van der Waals surface area contributed by atoms with Crippen molar-refractivity contribution < 1.29 is 19.1 Å². The highest BCUT2D eigenvalue weighted by atomic mass is 16.5. The van der Waals surface area contributed by atoms with Gasteiger partial charge in [0.2, 0.25) is 5.91 Å². The SMILES string of the molecule is CN1CCOC(C(=O)N2CCOCC(NC(=O)Cc3ccn[nH]3)C2)C1. The predicted molar refractivity (Wildman–Crippen MR) is 88.9 cm³/mol. The van der Waals surface area contributed by atoms with E-state index in [2.05, 4.69) is 20.4 Å². The Morgan fingerprint density at radius 2 is 2.24 bits per heavy atom. The number of H-pyrrole nitrogens is 1. The van der Waals surface area contributed by atoms with Crippen LogP contribution in [0.2, 0.25) is 0 Å². The third kappa shape index (κ3) is 5.00. The van der Waals surface area contributed by atoms with E-state index in [9.17, 15) is 9.59 Å². The molecule has 2 amide bonds. The van der Waals surface area contributed by atoms with Crippen molar-refractivity contribution in [3.8, 4) is 0 Å². The number of aromatic nitrogens is 2. The van der Waals surface area contributed by atoms with Gasteiger partial charge in [-0.25, -0.2) is 0 Å². The van der Waals surface area contributed by atoms with E-state index in [-0.39, 0.29) is 24.3 Å². The largest absolute Gasteiger partial charge is 0.377 e. The summed E-state index contributed by atoms with van der Waals surface area (Å²) in [6.07, 6.45) is 1.39. The third-order valence-corrected chi connectivity index (χ3v) is 4.40. The molecule has 0 radical (unpaired) electrons. The van der Waals surface area contributed by atoms with Gasteiger partial charge < -0.3 is 24.6 Å². The molecule has 25 heavy (non-hydrogen) atoms. The molecule has 0 spiro atoms. The molecule has 1 aromatic heterocycles. The van der Waals surface area contributed by atoms with Gasteiger partial charge in [0, 0.05) is 38.1 Å². The number of hydrogen-bond donors (Lipinski definition) is 2. The highest BCUT2D eigenvalue weighted by molar-refractivity contribution is 5.82. The van der Waals surface area contributed by atoms with Crippen molar-refractivity contribution in [3.05, 3.63) is 18.0 Å². The lowest BCUT2D eigenvalue weighted by atomic mass is 10.2. The molecular formula is C16H25N5O4. The zero-order valence-corrected chi connectivity index (χ0v) is 14.4. The number of rotatable bonds is 4. The topological polar surface area (TPSA) is 99.8 Å². The van der Waals surface area contributed by atoms with E-state index in [1.165, 1.54) is 0 Å². The molecule has 2 saturated heterocycles. The highest BCUT2D eigenvalue weighted by Gasteiger charge is 2.31. The zero-order valence-electron chi connectivity index (χ0n) is 14.4. The van der Waals surface area contributed by atoms with E-state index in [4.69, 9.17) is 9.47 Å². The molecule has 9 nitrogen and oxygen atoms in total. The summed E-state index contributed by atoms with van der Waals surface area (Å²) in [6, 6.07) is 1.53. The van der Waals surface area contributed by atoms with E-state index in [0.29, 0.717) is 39.5 Å². The van der Waals surface area contributed by atoms with Gasteiger partial charge in [0.25, 0.3) is 5.91 Å². The predicted octanol–water partition coefficient (Wildman–Crippen LogP) is -1.37. The average molecular weight is 351 g/mol. The fourth-order valence-electron chi connectivity index (χ4n) is 3.06. The van der Waals surface area contributed by atoms with Crippen LogP contribution in [0.25, 0.3) is 0 Å². The van der Waals surface area contributed by atoms with Gasteiger partial charge in [-0.1, -0.05) is 0 Å². The van der Waals surface area contributed by atoms with Crippen LogP contribution in [0.5, 0.6) is 0 Å². The standard InChI is InChI=1S/C16H25N5O4/c1-20-4-7-25-14(10-20)16(23)21-5-6-24-11-13(9-21)18-15(22)8-12-2-3-17-19-12/h2-3,13-14H,4-11H2,1H3,(H,17,19)(H,18,22). The van der Waals surface area contributed by atoms with E-state index in [0.717, 1.165) is 12.2 Å². The molecule has 1 aromatic rings. The summed E-state index contributed by atoms with van der Waals surface area (Å²) < 4.78 is 11.2. The molecule has 0 aliphatic carbocycles. The van der Waals surface area contributed by atoms with E-state index >= 15 is 0 Å². The normalized spacial score (nSPS) is 25.4. The van der Waals surface area contributed by atoms with Crippen LogP contribution < -0.4 is 5.32 Å². The van der Waals surface area contributed by atoms with Gasteiger partial charge in [0.05, 0.1) is 32.3 Å². The number of nitrogens with one attached hydrogen (secondary N) is 2. The molecular weight excluding hydrogens is 326 g/mol. The van der Waals surface area contributed by atoms with Crippen LogP contribution >= 0.6 is 0 Å². The summed E-state index contributed by atoms with van der Waals surface area (Å²) in [5, 5.41) is 9.53. The van der Waals surface area contributed by atoms with Gasteiger partial charge in [-0.2, -0.15) is 5.10 Å². The second-order valence-corrected chi connectivity index (χ2v) is 6.50. The smallest absolute Gasteiger partial charge is 0.253 e. The Morgan fingerprint density at radius 3 is 3.00 bits per heavy atom. The lowest BCUT2D eigenvalue weighted by Crippen LogP contribution is -2.53. The summed E-state index contributed by atoms with van der Waals surface area (Å²) in [7, 11) is 1.98. The summed E-state index contributed by atoms with van der Waals surface area (Å²) in [5.41, 5.74) is 0.749. The Hall–Kier alpha value is -1.97. The maximum atomic E-state index is 12.7. The number of amides is 2. The third-order valence-electron chi connectivity index (χ3n) is 4.40. The van der Waals surface area contributed by atoms with Crippen molar-refractivity contribution in [2.45, 2.75) is 18.6 Å². The van der Waals surface area contributed by atoms with Gasteiger partial charge in [-0.05, 0) is 13.1 Å². The molecule has 138 valence electrons. The number of carbonyl (C=O) groups excluding carboxylic acids is 2. The van der Waals surface area contributed by atoms with Crippen molar-refractivity contribution in [3.63, 3.8) is 0 Å². The number of aromatic amines is 1. The minimum Gasteiger partial charge on any atom is -0.377 e. The Kier molecular flexibility index (Phi) is 6.00. The first-order chi connectivity index (χ1) is 12.1. The second kappa shape index (κ2) is 8.41. The Balaban J connectivity index is 1.54. The number of carbonyl (C=O) groups is 2. The minimum absolute atomic E-state index is 0.0372. The van der Waals surface area contributed by atoms with Crippen molar-refractivity contribution in [2.75, 3.05) is 53.0 Å². The molecule has 0 aromatic carbocycles. The van der Waals surface area contributed by atoms with Crippen LogP contribution in [0.3, 0.4) is 0 Å². The summed E-state index contributed by atoms with van der Waals surface area (Å²) in [4.78, 5) is 28.7. The number of nitrogens with zero attached hydrogens (tertiary/aromatic N) is 3. The molecule has 0 bridgehead atoms. The van der Waals surface area contributed by atoms with Crippen LogP contribution in [0.15, 0.2) is 12.3 Å². The number of hydrogen-bond acceptors (Lipinski definition) is 6. The lowest BCUT2D eigenvalue weighted by Gasteiger charge is -2.33. The van der Waals surface area contributed by atoms with Gasteiger partial charge in [-0.15, -0.1) is 0 Å². The van der Waals surface area contributed by atoms with E-state index in [1.54, 1.807) is 17.2 Å². The van der Waals surface area contributed by atoms with Crippen LogP contribution in [0, 0.1) is 0 Å². The summed E-state index contributed by atoms with van der Waals surface area (Å²) in [6.45, 7) is 3.77. The minimum atomic E-state index is -0.446. The fraction of sp³-hybridized carbons (Fsp3) is 0.688. The maximum Gasteiger partial charge on any atom is 0.253 e. The molecule has 0 saturated carbocycles. The number of likely N-dealkylation sites (N-methyl/N-ethyl adjacent to an activating group) is 1. The second-order valence-electron chi connectivity index (χ2n) is 6.50. The van der Waals surface area contributed by atoms with E-state index < -0.39 is 6.10 Å². The number of morpholine rings is 1. The van der Waals surface area contributed by atoms with Gasteiger partial charge in [-0.3, -0.25) is 14.7 Å². The van der Waals surface area contributed by atoms with E-state index in [1.807, 2.05) is 7.05 Å². The Morgan fingerprint density at radius 1 is 1.36 bits per heavy atom.